The smallest absolute Gasteiger partial charge is 0.221 e. The zero-order valence-corrected chi connectivity index (χ0v) is 12.9. The van der Waals surface area contributed by atoms with Crippen LogP contribution >= 0.6 is 0 Å². The van der Waals surface area contributed by atoms with E-state index in [1.807, 2.05) is 12.1 Å². The van der Waals surface area contributed by atoms with Crippen LogP contribution in [0.5, 0.6) is 0 Å². The van der Waals surface area contributed by atoms with Crippen LogP contribution in [0.25, 0.3) is 0 Å². The van der Waals surface area contributed by atoms with Gasteiger partial charge in [-0.2, -0.15) is 0 Å². The molecule has 0 atom stereocenters. The van der Waals surface area contributed by atoms with Gasteiger partial charge in [0.25, 0.3) is 0 Å². The van der Waals surface area contributed by atoms with Crippen molar-refractivity contribution in [2.24, 2.45) is 0 Å². The normalized spacial score (nSPS) is 15.3. The van der Waals surface area contributed by atoms with E-state index in [1.165, 1.54) is 30.9 Å². The number of carbonyl (C=O) groups excluding carboxylic acids is 1. The van der Waals surface area contributed by atoms with E-state index in [0.29, 0.717) is 5.41 Å². The van der Waals surface area contributed by atoms with Crippen molar-refractivity contribution in [1.82, 2.24) is 5.32 Å². The first-order chi connectivity index (χ1) is 10.7. The van der Waals surface area contributed by atoms with E-state index >= 15 is 0 Å². The van der Waals surface area contributed by atoms with Gasteiger partial charge in [-0.3, -0.25) is 4.79 Å². The van der Waals surface area contributed by atoms with Gasteiger partial charge in [0.2, 0.25) is 5.91 Å². The minimum absolute atomic E-state index is 0.0376. The molecule has 3 rings (SSSR count). The van der Waals surface area contributed by atoms with Gasteiger partial charge in [0.05, 0.1) is 0 Å². The Morgan fingerprint density at radius 2 is 1.73 bits per heavy atom. The molecular weight excluding hydrogens is 272 g/mol. The van der Waals surface area contributed by atoms with Crippen molar-refractivity contribution in [3.63, 3.8) is 0 Å². The van der Waals surface area contributed by atoms with Crippen LogP contribution in [-0.4, -0.2) is 12.5 Å². The molecule has 114 valence electrons. The number of hydrogen-bond donors (Lipinski definition) is 2. The fourth-order valence-corrected chi connectivity index (χ4v) is 2.87. The molecule has 3 heteroatoms. The van der Waals surface area contributed by atoms with Gasteiger partial charge in [-0.15, -0.1) is 0 Å². The average molecular weight is 294 g/mol. The van der Waals surface area contributed by atoms with Gasteiger partial charge in [0, 0.05) is 31.1 Å². The maximum Gasteiger partial charge on any atom is 0.221 e. The number of carbonyl (C=O) groups is 1. The summed E-state index contributed by atoms with van der Waals surface area (Å²) in [6.45, 7) is 3.40. The minimum Gasteiger partial charge on any atom is -0.326 e. The van der Waals surface area contributed by atoms with Crippen LogP contribution in [0.2, 0.25) is 0 Å². The van der Waals surface area contributed by atoms with Gasteiger partial charge in [-0.1, -0.05) is 42.5 Å². The van der Waals surface area contributed by atoms with Crippen molar-refractivity contribution in [2.75, 3.05) is 11.9 Å². The monoisotopic (exact) mass is 294 g/mol. The summed E-state index contributed by atoms with van der Waals surface area (Å²) in [4.78, 5) is 11.0. The first-order valence-corrected chi connectivity index (χ1v) is 7.81. The molecule has 0 radical (unpaired) electrons. The van der Waals surface area contributed by atoms with Crippen molar-refractivity contribution in [3.8, 4) is 0 Å². The lowest BCUT2D eigenvalue weighted by Crippen LogP contribution is -2.26. The zero-order chi connectivity index (χ0) is 15.4. The fraction of sp³-hybridized carbons (Fsp3) is 0.316. The van der Waals surface area contributed by atoms with E-state index in [0.717, 1.165) is 18.8 Å². The topological polar surface area (TPSA) is 41.1 Å². The number of benzene rings is 2. The second kappa shape index (κ2) is 6.32. The lowest BCUT2D eigenvalue weighted by atomic mass is 9.96. The predicted molar refractivity (Wildman–Crippen MR) is 89.8 cm³/mol. The van der Waals surface area contributed by atoms with Crippen molar-refractivity contribution in [3.05, 3.63) is 65.7 Å². The van der Waals surface area contributed by atoms with Crippen LogP contribution in [0.4, 0.5) is 5.69 Å². The molecule has 22 heavy (non-hydrogen) atoms. The number of anilines is 1. The molecule has 1 saturated carbocycles. The van der Waals surface area contributed by atoms with Crippen LogP contribution in [0.1, 0.15) is 30.9 Å². The lowest BCUT2D eigenvalue weighted by Gasteiger charge is -2.16. The molecule has 1 fully saturated rings. The van der Waals surface area contributed by atoms with Crippen molar-refractivity contribution < 1.29 is 4.79 Å². The SMILES string of the molecule is CC(=O)Nc1ccc(CNCC2(c3ccccc3)CC2)cc1. The van der Waals surface area contributed by atoms with Gasteiger partial charge in [-0.05, 0) is 36.1 Å². The third-order valence-corrected chi connectivity index (χ3v) is 4.31. The van der Waals surface area contributed by atoms with E-state index in [9.17, 15) is 4.79 Å². The Labute approximate surface area is 131 Å². The summed E-state index contributed by atoms with van der Waals surface area (Å²) in [6.07, 6.45) is 2.54. The number of rotatable bonds is 6. The summed E-state index contributed by atoms with van der Waals surface area (Å²) in [7, 11) is 0. The third kappa shape index (κ3) is 3.55. The van der Waals surface area contributed by atoms with E-state index in [2.05, 4.69) is 53.1 Å². The minimum atomic E-state index is -0.0376. The Bertz CT molecular complexity index is 630. The molecule has 0 aromatic heterocycles. The van der Waals surface area contributed by atoms with Gasteiger partial charge < -0.3 is 10.6 Å². The van der Waals surface area contributed by atoms with Crippen LogP contribution in [-0.2, 0) is 16.8 Å². The summed E-state index contributed by atoms with van der Waals surface area (Å²) in [5.41, 5.74) is 3.87. The lowest BCUT2D eigenvalue weighted by molar-refractivity contribution is -0.114. The molecule has 1 aliphatic rings. The van der Waals surface area contributed by atoms with Crippen LogP contribution < -0.4 is 10.6 Å². The van der Waals surface area contributed by atoms with Crippen molar-refractivity contribution >= 4 is 11.6 Å². The molecule has 2 N–H and O–H groups in total. The molecule has 0 saturated heterocycles. The second-order valence-corrected chi connectivity index (χ2v) is 6.13. The largest absolute Gasteiger partial charge is 0.326 e. The zero-order valence-electron chi connectivity index (χ0n) is 12.9. The Morgan fingerprint density at radius 1 is 1.05 bits per heavy atom. The molecule has 0 aliphatic heterocycles. The van der Waals surface area contributed by atoms with E-state index < -0.39 is 0 Å². The molecule has 1 amide bonds. The third-order valence-electron chi connectivity index (χ3n) is 4.31. The maximum atomic E-state index is 11.0. The molecular formula is C19H22N2O. The van der Waals surface area contributed by atoms with Crippen molar-refractivity contribution in [1.29, 1.82) is 0 Å². The standard InChI is InChI=1S/C19H22N2O/c1-15(22)21-18-9-7-16(8-10-18)13-20-14-19(11-12-19)17-5-3-2-4-6-17/h2-10,20H,11-14H2,1H3,(H,21,22). The molecule has 2 aromatic carbocycles. The van der Waals surface area contributed by atoms with E-state index in [-0.39, 0.29) is 5.91 Å². The van der Waals surface area contributed by atoms with Crippen molar-refractivity contribution in [2.45, 2.75) is 31.7 Å². The molecule has 0 heterocycles. The highest BCUT2D eigenvalue weighted by molar-refractivity contribution is 5.88. The number of nitrogens with one attached hydrogen (secondary N) is 2. The van der Waals surface area contributed by atoms with Gasteiger partial charge in [0.1, 0.15) is 0 Å². The predicted octanol–water partition coefficient (Wildman–Crippen LogP) is 3.47. The highest BCUT2D eigenvalue weighted by Gasteiger charge is 2.43. The Kier molecular flexibility index (Phi) is 4.25. The van der Waals surface area contributed by atoms with Gasteiger partial charge in [-0.25, -0.2) is 0 Å². The molecule has 0 spiro atoms. The van der Waals surface area contributed by atoms with Gasteiger partial charge in [0.15, 0.2) is 0 Å². The fourth-order valence-electron chi connectivity index (χ4n) is 2.87. The summed E-state index contributed by atoms with van der Waals surface area (Å²) >= 11 is 0. The van der Waals surface area contributed by atoms with E-state index in [1.54, 1.807) is 0 Å². The number of amides is 1. The van der Waals surface area contributed by atoms with Crippen LogP contribution in [0.15, 0.2) is 54.6 Å². The summed E-state index contributed by atoms with van der Waals surface area (Å²) in [6, 6.07) is 18.8. The molecule has 0 unspecified atom stereocenters. The molecule has 3 nitrogen and oxygen atoms in total. The Balaban J connectivity index is 1.52. The molecule has 1 aliphatic carbocycles. The highest BCUT2D eigenvalue weighted by Crippen LogP contribution is 2.47. The maximum absolute atomic E-state index is 11.0. The van der Waals surface area contributed by atoms with Gasteiger partial charge >= 0.3 is 0 Å². The van der Waals surface area contributed by atoms with Crippen LogP contribution in [0.3, 0.4) is 0 Å². The Hall–Kier alpha value is -2.13. The summed E-state index contributed by atoms with van der Waals surface area (Å²) in [5, 5.41) is 6.36. The first kappa shape index (κ1) is 14.8. The first-order valence-electron chi connectivity index (χ1n) is 7.81. The highest BCUT2D eigenvalue weighted by atomic mass is 16.1. The summed E-state index contributed by atoms with van der Waals surface area (Å²) < 4.78 is 0. The quantitative estimate of drug-likeness (QED) is 0.856. The van der Waals surface area contributed by atoms with Crippen LogP contribution in [0, 0.1) is 0 Å². The Morgan fingerprint density at radius 3 is 2.32 bits per heavy atom. The molecule has 0 bridgehead atoms. The molecule has 2 aromatic rings. The second-order valence-electron chi connectivity index (χ2n) is 6.13. The van der Waals surface area contributed by atoms with E-state index in [4.69, 9.17) is 0 Å². The average Bonchev–Trinajstić information content (AvgIpc) is 3.31. The summed E-state index contributed by atoms with van der Waals surface area (Å²) in [5.74, 6) is -0.0376. The number of hydrogen-bond acceptors (Lipinski definition) is 2.